The molecule has 6 heteroatoms. The van der Waals surface area contributed by atoms with Crippen molar-refractivity contribution in [1.82, 2.24) is 15.4 Å². The SMILES string of the molecule is O=C(/C=C/c1ccc(CN(CCOc2ccccc2)CCc2c[nH]c3ccccc23)cc1)NO. The van der Waals surface area contributed by atoms with Gasteiger partial charge in [0, 0.05) is 42.8 Å². The van der Waals surface area contributed by atoms with Crippen molar-refractivity contribution in [2.75, 3.05) is 19.7 Å². The molecule has 174 valence electrons. The van der Waals surface area contributed by atoms with Crippen LogP contribution in [-0.2, 0) is 17.8 Å². The number of para-hydroxylation sites is 2. The minimum Gasteiger partial charge on any atom is -0.492 e. The summed E-state index contributed by atoms with van der Waals surface area (Å²) in [6, 6.07) is 26.3. The summed E-state index contributed by atoms with van der Waals surface area (Å²) in [6.07, 6.45) is 6.00. The van der Waals surface area contributed by atoms with E-state index in [0.717, 1.165) is 42.9 Å². The topological polar surface area (TPSA) is 77.6 Å². The lowest BCUT2D eigenvalue weighted by atomic mass is 10.1. The van der Waals surface area contributed by atoms with Crippen molar-refractivity contribution in [3.8, 4) is 5.75 Å². The Morgan fingerprint density at radius 2 is 1.74 bits per heavy atom. The Hall–Kier alpha value is -3.87. The molecule has 0 saturated heterocycles. The van der Waals surface area contributed by atoms with Gasteiger partial charge in [0.05, 0.1) is 0 Å². The van der Waals surface area contributed by atoms with Crippen LogP contribution in [-0.4, -0.2) is 40.7 Å². The van der Waals surface area contributed by atoms with E-state index in [4.69, 9.17) is 9.94 Å². The van der Waals surface area contributed by atoms with Gasteiger partial charge in [-0.3, -0.25) is 14.9 Å². The van der Waals surface area contributed by atoms with Gasteiger partial charge < -0.3 is 9.72 Å². The van der Waals surface area contributed by atoms with Gasteiger partial charge in [-0.05, 0) is 47.4 Å². The molecule has 0 atom stereocenters. The zero-order valence-electron chi connectivity index (χ0n) is 19.0. The lowest BCUT2D eigenvalue weighted by Crippen LogP contribution is -2.30. The van der Waals surface area contributed by atoms with Crippen LogP contribution < -0.4 is 10.2 Å². The third-order valence-electron chi connectivity index (χ3n) is 5.71. The smallest absolute Gasteiger partial charge is 0.267 e. The van der Waals surface area contributed by atoms with Crippen molar-refractivity contribution in [2.24, 2.45) is 0 Å². The molecule has 1 amide bonds. The molecule has 0 spiro atoms. The lowest BCUT2D eigenvalue weighted by Gasteiger charge is -2.22. The second-order valence-corrected chi connectivity index (χ2v) is 8.10. The Morgan fingerprint density at radius 1 is 0.971 bits per heavy atom. The molecule has 0 aliphatic carbocycles. The first-order valence-electron chi connectivity index (χ1n) is 11.4. The number of nitrogens with one attached hydrogen (secondary N) is 2. The van der Waals surface area contributed by atoms with Gasteiger partial charge in [-0.1, -0.05) is 60.7 Å². The van der Waals surface area contributed by atoms with Crippen LogP contribution in [0, 0.1) is 0 Å². The molecule has 34 heavy (non-hydrogen) atoms. The molecule has 3 aromatic carbocycles. The van der Waals surface area contributed by atoms with E-state index in [2.05, 4.69) is 46.4 Å². The summed E-state index contributed by atoms with van der Waals surface area (Å²) in [5.41, 5.74) is 6.14. The van der Waals surface area contributed by atoms with E-state index >= 15 is 0 Å². The highest BCUT2D eigenvalue weighted by Gasteiger charge is 2.10. The molecule has 0 aliphatic rings. The first kappa shape index (κ1) is 23.3. The van der Waals surface area contributed by atoms with E-state index in [1.54, 1.807) is 11.6 Å². The number of benzene rings is 3. The number of hydroxylamine groups is 1. The Kier molecular flexibility index (Phi) is 8.11. The van der Waals surface area contributed by atoms with Crippen LogP contribution in [0.5, 0.6) is 5.75 Å². The molecular formula is C28H29N3O3. The van der Waals surface area contributed by atoms with E-state index in [-0.39, 0.29) is 0 Å². The predicted octanol–water partition coefficient (Wildman–Crippen LogP) is 4.81. The maximum atomic E-state index is 11.2. The molecule has 0 radical (unpaired) electrons. The van der Waals surface area contributed by atoms with Gasteiger partial charge in [0.15, 0.2) is 0 Å². The minimum atomic E-state index is -0.550. The molecular weight excluding hydrogens is 426 g/mol. The number of aromatic nitrogens is 1. The van der Waals surface area contributed by atoms with Crippen LogP contribution in [0.25, 0.3) is 17.0 Å². The number of hydrogen-bond acceptors (Lipinski definition) is 4. The van der Waals surface area contributed by atoms with Crippen LogP contribution in [0.2, 0.25) is 0 Å². The largest absolute Gasteiger partial charge is 0.492 e. The second-order valence-electron chi connectivity index (χ2n) is 8.10. The summed E-state index contributed by atoms with van der Waals surface area (Å²) in [4.78, 5) is 16.9. The van der Waals surface area contributed by atoms with Crippen molar-refractivity contribution < 1.29 is 14.7 Å². The molecule has 0 saturated carbocycles. The summed E-state index contributed by atoms with van der Waals surface area (Å²) >= 11 is 0. The number of nitrogens with zero attached hydrogens (tertiary/aromatic N) is 1. The summed E-state index contributed by atoms with van der Waals surface area (Å²) in [5.74, 6) is 0.327. The van der Waals surface area contributed by atoms with Crippen molar-refractivity contribution in [3.05, 3.63) is 108 Å². The van der Waals surface area contributed by atoms with E-state index in [1.807, 2.05) is 48.5 Å². The molecule has 1 heterocycles. The van der Waals surface area contributed by atoms with Gasteiger partial charge >= 0.3 is 0 Å². The molecule has 0 bridgehead atoms. The number of aromatic amines is 1. The highest BCUT2D eigenvalue weighted by Crippen LogP contribution is 2.19. The standard InChI is InChI=1S/C28H29N3O3/c32-28(30-33)15-14-22-10-12-23(13-11-22)21-31(18-19-34-25-6-2-1-3-7-25)17-16-24-20-29-27-9-5-4-8-26(24)27/h1-15,20,29,33H,16-19,21H2,(H,30,32)/b15-14+. The summed E-state index contributed by atoms with van der Waals surface area (Å²) in [6.45, 7) is 3.10. The Balaban J connectivity index is 1.40. The number of hydrogen-bond donors (Lipinski definition) is 3. The van der Waals surface area contributed by atoms with Crippen molar-refractivity contribution in [2.45, 2.75) is 13.0 Å². The third-order valence-corrected chi connectivity index (χ3v) is 5.71. The summed E-state index contributed by atoms with van der Waals surface area (Å²) < 4.78 is 5.95. The number of carbonyl (C=O) groups excluding carboxylic acids is 1. The maximum absolute atomic E-state index is 11.2. The number of fused-ring (bicyclic) bond motifs is 1. The molecule has 4 aromatic rings. The monoisotopic (exact) mass is 455 g/mol. The fraction of sp³-hybridized carbons (Fsp3) is 0.179. The van der Waals surface area contributed by atoms with Gasteiger partial charge in [0.25, 0.3) is 5.91 Å². The number of carbonyl (C=O) groups is 1. The predicted molar refractivity (Wildman–Crippen MR) is 135 cm³/mol. The molecule has 1 aromatic heterocycles. The summed E-state index contributed by atoms with van der Waals surface area (Å²) in [5, 5.41) is 9.88. The molecule has 0 fully saturated rings. The Morgan fingerprint density at radius 3 is 2.53 bits per heavy atom. The van der Waals surface area contributed by atoms with Crippen LogP contribution in [0.1, 0.15) is 16.7 Å². The minimum absolute atomic E-state index is 0.550. The molecule has 3 N–H and O–H groups in total. The highest BCUT2D eigenvalue weighted by molar-refractivity contribution is 5.90. The first-order valence-corrected chi connectivity index (χ1v) is 11.4. The van der Waals surface area contributed by atoms with Gasteiger partial charge in [0.1, 0.15) is 12.4 Å². The van der Waals surface area contributed by atoms with Crippen LogP contribution in [0.15, 0.2) is 91.1 Å². The summed E-state index contributed by atoms with van der Waals surface area (Å²) in [7, 11) is 0. The van der Waals surface area contributed by atoms with Crippen molar-refractivity contribution in [3.63, 3.8) is 0 Å². The van der Waals surface area contributed by atoms with Crippen LogP contribution >= 0.6 is 0 Å². The van der Waals surface area contributed by atoms with Gasteiger partial charge in [-0.15, -0.1) is 0 Å². The molecule has 6 nitrogen and oxygen atoms in total. The first-order chi connectivity index (χ1) is 16.7. The zero-order valence-corrected chi connectivity index (χ0v) is 19.0. The number of rotatable bonds is 11. The number of amides is 1. The fourth-order valence-electron chi connectivity index (χ4n) is 3.90. The third kappa shape index (κ3) is 6.57. The van der Waals surface area contributed by atoms with Crippen LogP contribution in [0.4, 0.5) is 0 Å². The van der Waals surface area contributed by atoms with Gasteiger partial charge in [-0.25, -0.2) is 5.48 Å². The normalized spacial score (nSPS) is 11.4. The molecule has 0 unspecified atom stereocenters. The zero-order chi connectivity index (χ0) is 23.6. The van der Waals surface area contributed by atoms with E-state index in [0.29, 0.717) is 6.61 Å². The number of H-pyrrole nitrogens is 1. The molecule has 0 aliphatic heterocycles. The quantitative estimate of drug-likeness (QED) is 0.172. The maximum Gasteiger partial charge on any atom is 0.267 e. The van der Waals surface area contributed by atoms with Gasteiger partial charge in [-0.2, -0.15) is 0 Å². The average molecular weight is 456 g/mol. The Labute approximate surface area is 199 Å². The lowest BCUT2D eigenvalue weighted by molar-refractivity contribution is -0.124. The fourth-order valence-corrected chi connectivity index (χ4v) is 3.90. The highest BCUT2D eigenvalue weighted by atomic mass is 16.5. The second kappa shape index (κ2) is 11.8. The van der Waals surface area contributed by atoms with Crippen molar-refractivity contribution in [1.29, 1.82) is 0 Å². The average Bonchev–Trinajstić information content (AvgIpc) is 3.30. The van der Waals surface area contributed by atoms with Crippen LogP contribution in [0.3, 0.4) is 0 Å². The molecule has 4 rings (SSSR count). The number of ether oxygens (including phenoxy) is 1. The van der Waals surface area contributed by atoms with Gasteiger partial charge in [0.2, 0.25) is 0 Å². The van der Waals surface area contributed by atoms with Crippen molar-refractivity contribution >= 4 is 22.9 Å². The Bertz CT molecular complexity index is 1220. The van der Waals surface area contributed by atoms with E-state index in [9.17, 15) is 4.79 Å². The van der Waals surface area contributed by atoms with E-state index in [1.165, 1.54) is 22.6 Å². The van der Waals surface area contributed by atoms with E-state index < -0.39 is 5.91 Å².